The van der Waals surface area contributed by atoms with Crippen LogP contribution in [0.5, 0.6) is 0 Å². The van der Waals surface area contributed by atoms with E-state index in [0.29, 0.717) is 6.54 Å². The standard InChI is InChI=1S/C35H52N4O14/c1-14-10-18(40)34(46)32(48-14)50-30-27(45)21(24(42)22(37-4)28(30)52-34)38-12-16-6-8-17(9-7-16)13-39(5)23-25(43)20(36-3)26(44)31-29(23)53-35(47)19(41)11-15(2)49-33(35)51-31/h6-9,14-15,20-33,36-38,42-47H,10-13H2,1-5H3/t14-,15-,20-,21-,22+,23+,24+,25+,26?,27+,28-,29-,30-,31-,32+,33+,34+,35+/m1/s1. The third kappa shape index (κ3) is 6.69. The Bertz CT molecular complexity index is 1510. The van der Waals surface area contributed by atoms with Crippen molar-refractivity contribution in [2.45, 2.75) is 149 Å². The normalized spacial score (nSPS) is 48.5. The lowest BCUT2D eigenvalue weighted by Crippen LogP contribution is -2.77. The average Bonchev–Trinajstić information content (AvgIpc) is 3.10. The van der Waals surface area contributed by atoms with E-state index in [-0.39, 0.29) is 19.4 Å². The van der Waals surface area contributed by atoms with Crippen LogP contribution in [0.15, 0.2) is 24.3 Å². The lowest BCUT2D eigenvalue weighted by Gasteiger charge is -2.56. The number of likely N-dealkylation sites (N-methyl/N-ethyl adjacent to an activating group) is 3. The van der Waals surface area contributed by atoms with Crippen LogP contribution in [-0.4, -0.2) is 178 Å². The number of rotatable bonds is 8. The van der Waals surface area contributed by atoms with E-state index in [1.807, 2.05) is 29.2 Å². The van der Waals surface area contributed by atoms with Gasteiger partial charge in [-0.25, -0.2) is 0 Å². The van der Waals surface area contributed by atoms with Crippen LogP contribution in [0.25, 0.3) is 0 Å². The van der Waals surface area contributed by atoms with Gasteiger partial charge in [0.2, 0.25) is 12.6 Å². The van der Waals surface area contributed by atoms with Gasteiger partial charge in [-0.3, -0.25) is 14.5 Å². The Morgan fingerprint density at radius 2 is 1.17 bits per heavy atom. The second kappa shape index (κ2) is 14.8. The molecule has 296 valence electrons. The molecule has 0 radical (unpaired) electrons. The molecular formula is C35H52N4O14. The number of hydrogen-bond donors (Lipinski definition) is 9. The number of hydrogen-bond acceptors (Lipinski definition) is 18. The van der Waals surface area contributed by atoms with Crippen LogP contribution in [0.4, 0.5) is 0 Å². The summed E-state index contributed by atoms with van der Waals surface area (Å²) in [6.07, 6.45) is -13.2. The van der Waals surface area contributed by atoms with Gasteiger partial charge in [-0.1, -0.05) is 24.3 Å². The van der Waals surface area contributed by atoms with E-state index in [2.05, 4.69) is 16.0 Å². The number of ether oxygens (including phenoxy) is 6. The highest BCUT2D eigenvalue weighted by atomic mass is 16.8. The lowest BCUT2D eigenvalue weighted by molar-refractivity contribution is -0.423. The molecule has 7 rings (SSSR count). The van der Waals surface area contributed by atoms with Crippen LogP contribution in [-0.2, 0) is 51.1 Å². The van der Waals surface area contributed by atoms with Gasteiger partial charge in [-0.15, -0.1) is 0 Å². The molecule has 18 atom stereocenters. The van der Waals surface area contributed by atoms with Crippen LogP contribution in [0.1, 0.15) is 37.8 Å². The maximum atomic E-state index is 12.9. The van der Waals surface area contributed by atoms with Gasteiger partial charge in [-0.2, -0.15) is 0 Å². The first-order valence-electron chi connectivity index (χ1n) is 18.2. The fraction of sp³-hybridized carbons (Fsp3) is 0.771. The van der Waals surface area contributed by atoms with Crippen LogP contribution >= 0.6 is 0 Å². The number of aliphatic hydroxyl groups is 6. The van der Waals surface area contributed by atoms with Gasteiger partial charge in [0.05, 0.1) is 48.6 Å². The van der Waals surface area contributed by atoms with Crippen molar-refractivity contribution in [1.82, 2.24) is 20.9 Å². The van der Waals surface area contributed by atoms with E-state index in [9.17, 15) is 40.2 Å². The van der Waals surface area contributed by atoms with Crippen LogP contribution in [0, 0.1) is 0 Å². The van der Waals surface area contributed by atoms with Crippen molar-refractivity contribution >= 4 is 11.6 Å². The van der Waals surface area contributed by atoms with E-state index < -0.39 is 121 Å². The number of aliphatic hydroxyl groups excluding tert-OH is 4. The number of ketones is 2. The first-order chi connectivity index (χ1) is 25.1. The van der Waals surface area contributed by atoms with Gasteiger partial charge >= 0.3 is 0 Å². The van der Waals surface area contributed by atoms with Gasteiger partial charge < -0.3 is 75.0 Å². The smallest absolute Gasteiger partial charge is 0.280 e. The van der Waals surface area contributed by atoms with Crippen molar-refractivity contribution in [2.75, 3.05) is 21.1 Å². The maximum Gasteiger partial charge on any atom is 0.280 e. The molecule has 2 saturated carbocycles. The van der Waals surface area contributed by atoms with Crippen LogP contribution < -0.4 is 16.0 Å². The summed E-state index contributed by atoms with van der Waals surface area (Å²) in [5.41, 5.74) is 1.67. The number of nitrogens with zero attached hydrogens (tertiary/aromatic N) is 1. The van der Waals surface area contributed by atoms with E-state index in [4.69, 9.17) is 28.4 Å². The SMILES string of the molecule is CN[C@H]1[C@@H](O)[C@@H](NCc2ccc(CN(C)[C@H]3[C@@H](O)[C@@H](NC)C(O)[C@H]4O[C@@H]5O[C@H](C)CC(=O)[C@]5(O)O[C@H]34)cc2)[C@H](O)[C@H]2O[C@@H]3O[C@H](C)CC(=O)[C@]3(O)O[C@H]12. The summed E-state index contributed by atoms with van der Waals surface area (Å²) in [4.78, 5) is 27.5. The van der Waals surface area contributed by atoms with Crippen molar-refractivity contribution in [3.05, 3.63) is 35.4 Å². The highest BCUT2D eigenvalue weighted by Gasteiger charge is 2.65. The Balaban J connectivity index is 1.02. The molecule has 1 aromatic carbocycles. The third-order valence-electron chi connectivity index (χ3n) is 11.7. The second-order valence-corrected chi connectivity index (χ2v) is 15.3. The molecule has 6 fully saturated rings. The summed E-state index contributed by atoms with van der Waals surface area (Å²) in [5, 5.41) is 76.8. The number of fused-ring (bicyclic) bond motifs is 4. The van der Waals surface area contributed by atoms with Gasteiger partial charge in [-0.05, 0) is 46.1 Å². The topological polar surface area (TPSA) is 250 Å². The minimum Gasteiger partial charge on any atom is -0.390 e. The fourth-order valence-corrected chi connectivity index (χ4v) is 8.81. The van der Waals surface area contributed by atoms with Crippen LogP contribution in [0.2, 0.25) is 0 Å². The number of carbonyl (C=O) groups is 2. The summed E-state index contributed by atoms with van der Waals surface area (Å²) in [5.74, 6) is -5.94. The summed E-state index contributed by atoms with van der Waals surface area (Å²) < 4.78 is 35.2. The third-order valence-corrected chi connectivity index (χ3v) is 11.7. The number of carbonyl (C=O) groups excluding carboxylic acids is 2. The van der Waals surface area contributed by atoms with Gasteiger partial charge in [0.25, 0.3) is 11.6 Å². The zero-order valence-corrected chi connectivity index (χ0v) is 30.3. The highest BCUT2D eigenvalue weighted by Crippen LogP contribution is 2.43. The Morgan fingerprint density at radius 3 is 1.72 bits per heavy atom. The Kier molecular flexibility index (Phi) is 10.9. The molecule has 18 heteroatoms. The molecule has 9 N–H and O–H groups in total. The maximum absolute atomic E-state index is 12.9. The van der Waals surface area contributed by atoms with Gasteiger partial charge in [0, 0.05) is 25.9 Å². The summed E-state index contributed by atoms with van der Waals surface area (Å²) in [6, 6.07) is 4.16. The Labute approximate surface area is 306 Å². The predicted molar refractivity (Wildman–Crippen MR) is 179 cm³/mol. The number of nitrogens with one attached hydrogen (secondary N) is 3. The molecule has 18 nitrogen and oxygen atoms in total. The van der Waals surface area contributed by atoms with Gasteiger partial charge in [0.15, 0.2) is 11.6 Å². The minimum atomic E-state index is -2.39. The molecule has 2 aliphatic carbocycles. The molecule has 0 amide bonds. The van der Waals surface area contributed by atoms with Gasteiger partial charge in [0.1, 0.15) is 36.6 Å². The molecule has 6 aliphatic rings. The van der Waals surface area contributed by atoms with Crippen molar-refractivity contribution in [2.24, 2.45) is 0 Å². The molecule has 4 heterocycles. The zero-order valence-electron chi connectivity index (χ0n) is 30.3. The summed E-state index contributed by atoms with van der Waals surface area (Å²) in [7, 11) is 4.96. The summed E-state index contributed by atoms with van der Waals surface area (Å²) in [6.45, 7) is 3.90. The first kappa shape index (κ1) is 39.2. The molecule has 1 unspecified atom stereocenters. The second-order valence-electron chi connectivity index (χ2n) is 15.3. The average molecular weight is 753 g/mol. The Morgan fingerprint density at radius 1 is 0.679 bits per heavy atom. The zero-order chi connectivity index (χ0) is 38.1. The van der Waals surface area contributed by atoms with Crippen LogP contribution in [0.3, 0.4) is 0 Å². The van der Waals surface area contributed by atoms with E-state index in [0.717, 1.165) is 11.1 Å². The first-order valence-corrected chi connectivity index (χ1v) is 18.2. The molecule has 4 saturated heterocycles. The highest BCUT2D eigenvalue weighted by molar-refractivity contribution is 5.87. The van der Waals surface area contributed by atoms with Crippen molar-refractivity contribution < 1.29 is 68.6 Å². The van der Waals surface area contributed by atoms with E-state index in [1.165, 1.54) is 0 Å². The molecule has 0 aromatic heterocycles. The molecule has 4 aliphatic heterocycles. The Hall–Kier alpha value is -2.08. The lowest BCUT2D eigenvalue weighted by atomic mass is 9.79. The molecule has 1 aromatic rings. The quantitative estimate of drug-likeness (QED) is 0.123. The largest absolute Gasteiger partial charge is 0.390 e. The van der Waals surface area contributed by atoms with Crippen molar-refractivity contribution in [1.29, 1.82) is 0 Å². The fourth-order valence-electron chi connectivity index (χ4n) is 8.81. The summed E-state index contributed by atoms with van der Waals surface area (Å²) >= 11 is 0. The molecule has 0 bridgehead atoms. The van der Waals surface area contributed by atoms with E-state index in [1.54, 1.807) is 35.0 Å². The molecule has 0 spiro atoms. The number of benzene rings is 1. The van der Waals surface area contributed by atoms with Crippen molar-refractivity contribution in [3.63, 3.8) is 0 Å². The monoisotopic (exact) mass is 752 g/mol. The predicted octanol–water partition coefficient (Wildman–Crippen LogP) is -4.05. The molecule has 53 heavy (non-hydrogen) atoms. The molecular weight excluding hydrogens is 700 g/mol. The van der Waals surface area contributed by atoms with E-state index >= 15 is 0 Å². The number of Topliss-reactive ketones (excluding diaryl/α,β-unsaturated/α-hetero) is 2. The minimum absolute atomic E-state index is 0.0711. The van der Waals surface area contributed by atoms with Crippen molar-refractivity contribution in [3.8, 4) is 0 Å².